The van der Waals surface area contributed by atoms with Gasteiger partial charge in [-0.1, -0.05) is 6.07 Å². The molecule has 0 saturated carbocycles. The Morgan fingerprint density at radius 2 is 1.64 bits per heavy atom. The zero-order chi connectivity index (χ0) is 26.2. The number of benzene rings is 2. The molecule has 0 radical (unpaired) electrons. The van der Waals surface area contributed by atoms with E-state index < -0.39 is 44.4 Å². The molecule has 2 aromatic carbocycles. The Morgan fingerprint density at radius 1 is 1.00 bits per heavy atom. The van der Waals surface area contributed by atoms with E-state index in [1.807, 2.05) is 0 Å². The summed E-state index contributed by atoms with van der Waals surface area (Å²) >= 11 is 0. The zero-order valence-electron chi connectivity index (χ0n) is 19.5. The topological polar surface area (TPSA) is 124 Å². The maximum Gasteiger partial charge on any atom is 0.252 e. The lowest BCUT2D eigenvalue weighted by Crippen LogP contribution is -2.48. The summed E-state index contributed by atoms with van der Waals surface area (Å²) in [6.45, 7) is 0.267. The maximum absolute atomic E-state index is 14.1. The third-order valence-electron chi connectivity index (χ3n) is 7.37. The van der Waals surface area contributed by atoms with E-state index in [1.165, 1.54) is 18.2 Å². The van der Waals surface area contributed by atoms with Crippen molar-refractivity contribution in [3.8, 4) is 0 Å². The average Bonchev–Trinajstić information content (AvgIpc) is 3.07. The number of amides is 1. The third kappa shape index (κ3) is 5.33. The van der Waals surface area contributed by atoms with Gasteiger partial charge in [0.15, 0.2) is 11.6 Å². The van der Waals surface area contributed by atoms with Crippen molar-refractivity contribution >= 4 is 20.9 Å². The van der Waals surface area contributed by atoms with Gasteiger partial charge in [-0.3, -0.25) is 14.5 Å². The van der Waals surface area contributed by atoms with Crippen LogP contribution in [0.15, 0.2) is 41.3 Å². The molecule has 36 heavy (non-hydrogen) atoms. The lowest BCUT2D eigenvalue weighted by Gasteiger charge is -2.41. The number of sulfone groups is 1. The summed E-state index contributed by atoms with van der Waals surface area (Å²) in [5, 5.41) is -0.934. The van der Waals surface area contributed by atoms with Crippen LogP contribution in [0, 0.1) is 23.4 Å². The first-order valence-corrected chi connectivity index (χ1v) is 13.3. The van der Waals surface area contributed by atoms with E-state index in [0.717, 1.165) is 25.0 Å². The van der Waals surface area contributed by atoms with E-state index in [0.29, 0.717) is 18.9 Å². The molecule has 2 saturated heterocycles. The number of nitrogens with two attached hydrogens (primary N) is 2. The molecule has 2 aliphatic heterocycles. The average molecular weight is 524 g/mol. The molecule has 4 rings (SSSR count). The molecule has 2 heterocycles. The predicted molar refractivity (Wildman–Crippen MR) is 126 cm³/mol. The van der Waals surface area contributed by atoms with Crippen LogP contribution in [-0.4, -0.2) is 49.0 Å². The van der Waals surface area contributed by atoms with Gasteiger partial charge in [-0.15, -0.1) is 0 Å². The number of nitrogens with zero attached hydrogens (tertiary/aromatic N) is 1. The molecule has 0 aromatic heterocycles. The zero-order valence-corrected chi connectivity index (χ0v) is 20.3. The second-order valence-electron chi connectivity index (χ2n) is 9.60. The Labute approximate surface area is 207 Å². The molecule has 2 aromatic rings. The molecule has 2 bridgehead atoms. The number of hydrogen-bond acceptors (Lipinski definition) is 6. The van der Waals surface area contributed by atoms with Gasteiger partial charge < -0.3 is 11.5 Å². The Bertz CT molecular complexity index is 1270. The SMILES string of the molecule is NC(=O)c1cccc(S(=O)(=O)C(=O)CCN2[C@@H]3CC[C@H]2CC([C@H](N)Cc2cc(F)c(F)cc2F)C3)c1. The second kappa shape index (κ2) is 10.3. The molecule has 2 fully saturated rings. The van der Waals surface area contributed by atoms with Gasteiger partial charge >= 0.3 is 0 Å². The highest BCUT2D eigenvalue weighted by Gasteiger charge is 2.42. The van der Waals surface area contributed by atoms with E-state index >= 15 is 0 Å². The number of halogens is 3. The number of hydrogen-bond donors (Lipinski definition) is 2. The lowest BCUT2D eigenvalue weighted by molar-refractivity contribution is -0.112. The van der Waals surface area contributed by atoms with Gasteiger partial charge in [-0.2, -0.15) is 0 Å². The summed E-state index contributed by atoms with van der Waals surface area (Å²) in [7, 11) is -4.27. The molecule has 194 valence electrons. The van der Waals surface area contributed by atoms with Gasteiger partial charge in [0.2, 0.25) is 15.7 Å². The third-order valence-corrected chi connectivity index (χ3v) is 9.05. The minimum Gasteiger partial charge on any atom is -0.366 e. The highest BCUT2D eigenvalue weighted by Crippen LogP contribution is 2.40. The summed E-state index contributed by atoms with van der Waals surface area (Å²) in [6.07, 6.45) is 2.99. The molecule has 1 unspecified atom stereocenters. The summed E-state index contributed by atoms with van der Waals surface area (Å²) in [4.78, 5) is 25.9. The van der Waals surface area contributed by atoms with Crippen molar-refractivity contribution < 1.29 is 31.2 Å². The normalized spacial score (nSPS) is 22.9. The molecule has 4 N–H and O–H groups in total. The molecule has 11 heteroatoms. The van der Waals surface area contributed by atoms with Gasteiger partial charge in [0, 0.05) is 42.7 Å². The fourth-order valence-electron chi connectivity index (χ4n) is 5.47. The standard InChI is InChI=1S/C25H28F3N3O4S/c26-20-13-22(28)21(27)11-15(20)12-23(29)16-8-17-4-5-18(9-16)31(17)7-6-24(32)36(34,35)19-3-1-2-14(10-19)25(30)33/h1-3,10-11,13,16-18,23H,4-9,12,29H2,(H2,30,33)/t16?,17-,18+,23-/m1/s1. The molecule has 1 amide bonds. The largest absolute Gasteiger partial charge is 0.366 e. The molecule has 0 spiro atoms. The second-order valence-corrected chi connectivity index (χ2v) is 11.5. The monoisotopic (exact) mass is 523 g/mol. The lowest BCUT2D eigenvalue weighted by atomic mass is 9.82. The van der Waals surface area contributed by atoms with Crippen molar-refractivity contribution in [3.63, 3.8) is 0 Å². The van der Waals surface area contributed by atoms with Crippen LogP contribution in [0.2, 0.25) is 0 Å². The van der Waals surface area contributed by atoms with E-state index in [2.05, 4.69) is 4.90 Å². The van der Waals surface area contributed by atoms with Crippen LogP contribution >= 0.6 is 0 Å². The minimum absolute atomic E-state index is 0.00332. The van der Waals surface area contributed by atoms with Crippen LogP contribution in [-0.2, 0) is 21.1 Å². The fraction of sp³-hybridized carbons (Fsp3) is 0.440. The van der Waals surface area contributed by atoms with Crippen molar-refractivity contribution in [2.45, 2.75) is 61.5 Å². The van der Waals surface area contributed by atoms with Crippen LogP contribution < -0.4 is 11.5 Å². The number of primary amides is 1. The minimum atomic E-state index is -4.27. The van der Waals surface area contributed by atoms with E-state index in [1.54, 1.807) is 0 Å². The van der Waals surface area contributed by atoms with Crippen molar-refractivity contribution in [2.75, 3.05) is 6.54 Å². The smallest absolute Gasteiger partial charge is 0.252 e. The van der Waals surface area contributed by atoms with Crippen LogP contribution in [0.3, 0.4) is 0 Å². The first kappa shape index (κ1) is 26.3. The number of rotatable bonds is 8. The summed E-state index contributed by atoms with van der Waals surface area (Å²) in [5.74, 6) is -3.94. The summed E-state index contributed by atoms with van der Waals surface area (Å²) in [6, 6.07) is 6.22. The quantitative estimate of drug-likeness (QED) is 0.513. The van der Waals surface area contributed by atoms with E-state index in [4.69, 9.17) is 11.5 Å². The first-order chi connectivity index (χ1) is 17.0. The van der Waals surface area contributed by atoms with Crippen molar-refractivity contribution in [1.82, 2.24) is 4.90 Å². The maximum atomic E-state index is 14.1. The Kier molecular flexibility index (Phi) is 7.53. The first-order valence-electron chi connectivity index (χ1n) is 11.8. The van der Waals surface area contributed by atoms with Crippen LogP contribution in [0.4, 0.5) is 13.2 Å². The summed E-state index contributed by atoms with van der Waals surface area (Å²) in [5.41, 5.74) is 11.6. The van der Waals surface area contributed by atoms with Gasteiger partial charge in [0.05, 0.1) is 4.90 Å². The molecular weight excluding hydrogens is 495 g/mol. The Hall–Kier alpha value is -2.76. The number of piperidine rings is 1. The molecule has 4 atom stereocenters. The number of fused-ring (bicyclic) bond motifs is 2. The molecule has 2 aliphatic rings. The van der Waals surface area contributed by atoms with Gasteiger partial charge in [-0.05, 0) is 67.9 Å². The van der Waals surface area contributed by atoms with Crippen molar-refractivity contribution in [3.05, 3.63) is 65.0 Å². The Morgan fingerprint density at radius 3 is 2.28 bits per heavy atom. The Balaban J connectivity index is 1.37. The van der Waals surface area contributed by atoms with Crippen LogP contribution in [0.1, 0.15) is 48.0 Å². The molecule has 7 nitrogen and oxygen atoms in total. The predicted octanol–water partition coefficient (Wildman–Crippen LogP) is 2.71. The van der Waals surface area contributed by atoms with Crippen molar-refractivity contribution in [1.29, 1.82) is 0 Å². The van der Waals surface area contributed by atoms with Gasteiger partial charge in [-0.25, -0.2) is 21.6 Å². The number of carbonyl (C=O) groups is 2. The summed E-state index contributed by atoms with van der Waals surface area (Å²) < 4.78 is 66.3. The fourth-order valence-corrected chi connectivity index (χ4v) is 6.64. The van der Waals surface area contributed by atoms with E-state index in [9.17, 15) is 31.2 Å². The van der Waals surface area contributed by atoms with Crippen LogP contribution in [0.25, 0.3) is 0 Å². The van der Waals surface area contributed by atoms with Gasteiger partial charge in [0.25, 0.3) is 5.12 Å². The molecular formula is C25H28F3N3O4S. The highest BCUT2D eigenvalue weighted by molar-refractivity contribution is 8.06. The van der Waals surface area contributed by atoms with Crippen molar-refractivity contribution in [2.24, 2.45) is 17.4 Å². The van der Waals surface area contributed by atoms with Gasteiger partial charge in [0.1, 0.15) is 5.82 Å². The molecule has 0 aliphatic carbocycles. The van der Waals surface area contributed by atoms with Crippen LogP contribution in [0.5, 0.6) is 0 Å². The number of carbonyl (C=O) groups excluding carboxylic acids is 2. The van der Waals surface area contributed by atoms with E-state index in [-0.39, 0.29) is 53.4 Å². The highest BCUT2D eigenvalue weighted by atomic mass is 32.2.